The highest BCUT2D eigenvalue weighted by molar-refractivity contribution is 5.92. The zero-order chi connectivity index (χ0) is 24.2. The molecule has 4 rings (SSSR count). The van der Waals surface area contributed by atoms with Crippen LogP contribution in [0, 0.1) is 28.6 Å². The molecule has 0 spiro atoms. The third-order valence-corrected chi connectivity index (χ3v) is 9.42. The van der Waals surface area contributed by atoms with Crippen molar-refractivity contribution in [2.24, 2.45) is 28.6 Å². The van der Waals surface area contributed by atoms with Gasteiger partial charge in [-0.05, 0) is 67.8 Å². The van der Waals surface area contributed by atoms with Gasteiger partial charge in [-0.2, -0.15) is 0 Å². The molecule has 4 aliphatic carbocycles. The molecule has 8 nitrogen and oxygen atoms in total. The molecule has 0 saturated heterocycles. The van der Waals surface area contributed by atoms with Crippen LogP contribution in [-0.2, 0) is 23.9 Å². The molecule has 3 N–H and O–H groups in total. The first-order chi connectivity index (χ1) is 15.4. The minimum Gasteiger partial charge on any atom is -0.481 e. The largest absolute Gasteiger partial charge is 0.481 e. The molecule has 3 fully saturated rings. The van der Waals surface area contributed by atoms with E-state index in [1.54, 1.807) is 6.08 Å². The molecule has 182 valence electrons. The lowest BCUT2D eigenvalue weighted by atomic mass is 9.45. The van der Waals surface area contributed by atoms with Gasteiger partial charge >= 0.3 is 11.9 Å². The highest BCUT2D eigenvalue weighted by Gasteiger charge is 2.68. The van der Waals surface area contributed by atoms with Gasteiger partial charge in [0.2, 0.25) is 5.78 Å². The van der Waals surface area contributed by atoms with Crippen LogP contribution in [0.5, 0.6) is 0 Å². The maximum Gasteiger partial charge on any atom is 0.306 e. The second-order valence-corrected chi connectivity index (χ2v) is 11.0. The Balaban J connectivity index is 1.53. The third kappa shape index (κ3) is 3.75. The molecule has 3 saturated carbocycles. The van der Waals surface area contributed by atoms with Crippen molar-refractivity contribution in [3.8, 4) is 0 Å². The van der Waals surface area contributed by atoms with Crippen molar-refractivity contribution >= 4 is 23.5 Å². The van der Waals surface area contributed by atoms with E-state index in [2.05, 4.69) is 6.92 Å². The first-order valence-corrected chi connectivity index (χ1v) is 12.0. The van der Waals surface area contributed by atoms with E-state index in [0.717, 1.165) is 24.8 Å². The zero-order valence-corrected chi connectivity index (χ0v) is 19.3. The highest BCUT2D eigenvalue weighted by Crippen LogP contribution is 2.67. The molecule has 0 aromatic carbocycles. The molecule has 7 atom stereocenters. The lowest BCUT2D eigenvalue weighted by Crippen LogP contribution is -2.62. The minimum absolute atomic E-state index is 0.0185. The van der Waals surface area contributed by atoms with Crippen molar-refractivity contribution in [3.63, 3.8) is 0 Å². The fourth-order valence-electron chi connectivity index (χ4n) is 7.70. The second-order valence-electron chi connectivity index (χ2n) is 11.0. The Labute approximate surface area is 193 Å². The van der Waals surface area contributed by atoms with Gasteiger partial charge in [0.25, 0.3) is 0 Å². The summed E-state index contributed by atoms with van der Waals surface area (Å²) in [4.78, 5) is 47.5. The van der Waals surface area contributed by atoms with Gasteiger partial charge < -0.3 is 20.1 Å². The van der Waals surface area contributed by atoms with Crippen molar-refractivity contribution in [1.82, 2.24) is 0 Å². The van der Waals surface area contributed by atoms with Gasteiger partial charge in [-0.25, -0.2) is 0 Å². The molecular formula is C25H34O8. The standard InChI is InChI=1S/C25H34O8/c1-23-9-7-15(26)11-14(23)3-4-16-17-8-10-25(32,24(17,2)12-18(27)22(16)23)19(28)13-33-21(31)6-5-20(29)30/h11,16-18,22,27,32H,3-10,12-13H2,1-2H3,(H,29,30)/t16-,17-,18?,22?,23-,24-,25-/m0/s1. The molecule has 0 radical (unpaired) electrons. The van der Waals surface area contributed by atoms with Crippen molar-refractivity contribution < 1.29 is 39.2 Å². The van der Waals surface area contributed by atoms with Crippen molar-refractivity contribution in [2.75, 3.05) is 6.61 Å². The molecule has 4 aliphatic rings. The Morgan fingerprint density at radius 3 is 2.55 bits per heavy atom. The minimum atomic E-state index is -1.71. The number of carboxylic acids is 1. The van der Waals surface area contributed by atoms with Gasteiger partial charge in [0.05, 0.1) is 18.9 Å². The van der Waals surface area contributed by atoms with Crippen LogP contribution in [0.3, 0.4) is 0 Å². The zero-order valence-electron chi connectivity index (χ0n) is 19.3. The summed E-state index contributed by atoms with van der Waals surface area (Å²) in [6.45, 7) is 3.41. The number of aliphatic carboxylic acids is 1. The van der Waals surface area contributed by atoms with Gasteiger partial charge in [-0.15, -0.1) is 0 Å². The van der Waals surface area contributed by atoms with Crippen LogP contribution >= 0.6 is 0 Å². The second kappa shape index (κ2) is 8.31. The molecule has 0 aromatic heterocycles. The van der Waals surface area contributed by atoms with E-state index >= 15 is 0 Å². The number of allylic oxidation sites excluding steroid dienone is 1. The Kier molecular flexibility index (Phi) is 6.06. The average molecular weight is 463 g/mol. The van der Waals surface area contributed by atoms with E-state index in [1.165, 1.54) is 0 Å². The van der Waals surface area contributed by atoms with E-state index in [0.29, 0.717) is 12.8 Å². The van der Waals surface area contributed by atoms with Gasteiger partial charge in [0, 0.05) is 11.8 Å². The summed E-state index contributed by atoms with van der Waals surface area (Å²) >= 11 is 0. The number of aliphatic hydroxyl groups excluding tert-OH is 1. The molecule has 0 aromatic rings. The fourth-order valence-corrected chi connectivity index (χ4v) is 7.70. The molecule has 0 heterocycles. The molecule has 0 aliphatic heterocycles. The number of carboxylic acid groups (broad SMARTS) is 1. The van der Waals surface area contributed by atoms with Crippen molar-refractivity contribution in [3.05, 3.63) is 11.6 Å². The number of Topliss-reactive ketones (excluding diaryl/α,β-unsaturated/α-hetero) is 1. The number of ketones is 2. The Morgan fingerprint density at radius 2 is 1.85 bits per heavy atom. The molecule has 8 heteroatoms. The quantitative estimate of drug-likeness (QED) is 0.511. The summed E-state index contributed by atoms with van der Waals surface area (Å²) in [5.41, 5.74) is -1.68. The third-order valence-electron chi connectivity index (χ3n) is 9.42. The summed E-state index contributed by atoms with van der Waals surface area (Å²) in [6.07, 6.45) is 4.30. The number of aliphatic hydroxyl groups is 2. The molecule has 0 bridgehead atoms. The Hall–Kier alpha value is -2.06. The van der Waals surface area contributed by atoms with Crippen molar-refractivity contribution in [2.45, 2.75) is 83.3 Å². The lowest BCUT2D eigenvalue weighted by molar-refractivity contribution is -0.184. The molecule has 0 amide bonds. The topological polar surface area (TPSA) is 138 Å². The first kappa shape index (κ1) is 24.1. The van der Waals surface area contributed by atoms with Crippen LogP contribution in [0.1, 0.15) is 71.6 Å². The first-order valence-electron chi connectivity index (χ1n) is 12.0. The highest BCUT2D eigenvalue weighted by atomic mass is 16.5. The van der Waals surface area contributed by atoms with Gasteiger partial charge in [0.15, 0.2) is 12.4 Å². The number of rotatable bonds is 6. The van der Waals surface area contributed by atoms with Gasteiger partial charge in [0.1, 0.15) is 5.60 Å². The van der Waals surface area contributed by atoms with Crippen molar-refractivity contribution in [1.29, 1.82) is 0 Å². The number of esters is 1. The number of carbonyl (C=O) groups excluding carboxylic acids is 3. The monoisotopic (exact) mass is 462 g/mol. The number of fused-ring (bicyclic) bond motifs is 5. The van der Waals surface area contributed by atoms with E-state index in [4.69, 9.17) is 9.84 Å². The summed E-state index contributed by atoms with van der Waals surface area (Å²) in [5, 5.41) is 31.6. The fraction of sp³-hybridized carbons (Fsp3) is 0.760. The van der Waals surface area contributed by atoms with Crippen LogP contribution in [0.2, 0.25) is 0 Å². The van der Waals surface area contributed by atoms with E-state index < -0.39 is 41.4 Å². The Morgan fingerprint density at radius 1 is 1.12 bits per heavy atom. The SMILES string of the molecule is C[C@]12CCC(=O)C=C1CC[C@@H]1C2C(O)C[C@@]2(C)[C@H]1CC[C@]2(O)C(=O)COC(=O)CCC(=O)O. The van der Waals surface area contributed by atoms with Crippen LogP contribution in [-0.4, -0.2) is 57.1 Å². The van der Waals surface area contributed by atoms with E-state index in [1.807, 2.05) is 6.92 Å². The van der Waals surface area contributed by atoms with Crippen LogP contribution in [0.4, 0.5) is 0 Å². The maximum atomic E-state index is 13.1. The van der Waals surface area contributed by atoms with Crippen LogP contribution in [0.15, 0.2) is 11.6 Å². The Bertz CT molecular complexity index is 908. The smallest absolute Gasteiger partial charge is 0.306 e. The number of ether oxygens (including phenoxy) is 1. The van der Waals surface area contributed by atoms with E-state index in [-0.39, 0.29) is 54.6 Å². The van der Waals surface area contributed by atoms with Crippen LogP contribution in [0.25, 0.3) is 0 Å². The molecular weight excluding hydrogens is 428 g/mol. The van der Waals surface area contributed by atoms with Crippen LogP contribution < -0.4 is 0 Å². The number of hydrogen-bond acceptors (Lipinski definition) is 7. The molecule has 33 heavy (non-hydrogen) atoms. The molecule has 2 unspecified atom stereocenters. The predicted octanol–water partition coefficient (Wildman–Crippen LogP) is 2.20. The lowest BCUT2D eigenvalue weighted by Gasteiger charge is -2.60. The van der Waals surface area contributed by atoms with Gasteiger partial charge in [-0.1, -0.05) is 19.4 Å². The maximum absolute atomic E-state index is 13.1. The van der Waals surface area contributed by atoms with Gasteiger partial charge in [-0.3, -0.25) is 19.2 Å². The summed E-state index contributed by atoms with van der Waals surface area (Å²) in [7, 11) is 0. The predicted molar refractivity (Wildman–Crippen MR) is 116 cm³/mol. The normalized spacial score (nSPS) is 41.9. The summed E-state index contributed by atoms with van der Waals surface area (Å²) < 4.78 is 4.97. The average Bonchev–Trinajstić information content (AvgIpc) is 3.02. The number of hydrogen-bond donors (Lipinski definition) is 3. The van der Waals surface area contributed by atoms with E-state index in [9.17, 15) is 29.4 Å². The number of carbonyl (C=O) groups is 4. The summed E-state index contributed by atoms with van der Waals surface area (Å²) in [5.74, 6) is -2.20. The summed E-state index contributed by atoms with van der Waals surface area (Å²) in [6, 6.07) is 0.